The summed E-state index contributed by atoms with van der Waals surface area (Å²) < 4.78 is 23.5. The third-order valence-electron chi connectivity index (χ3n) is 2.29. The molecule has 0 aliphatic carbocycles. The van der Waals surface area contributed by atoms with Crippen molar-refractivity contribution < 1.29 is 13.9 Å². The van der Waals surface area contributed by atoms with E-state index < -0.39 is 5.82 Å². The van der Waals surface area contributed by atoms with E-state index in [0.717, 1.165) is 19.3 Å². The number of rotatable bonds is 6. The van der Waals surface area contributed by atoms with Gasteiger partial charge in [-0.05, 0) is 6.42 Å². The Morgan fingerprint density at radius 1 is 1.25 bits per heavy atom. The first kappa shape index (κ1) is 12.6. The topological polar surface area (TPSA) is 44.5 Å². The molecule has 4 heteroatoms. The van der Waals surface area contributed by atoms with Crippen molar-refractivity contribution in [2.45, 2.75) is 26.2 Å². The number of ether oxygens (including phenoxy) is 2. The van der Waals surface area contributed by atoms with Crippen LogP contribution in [0.3, 0.4) is 0 Å². The molecule has 0 aliphatic heterocycles. The quantitative estimate of drug-likeness (QED) is 0.600. The lowest BCUT2D eigenvalue weighted by Gasteiger charge is -2.10. The Balaban J connectivity index is 2.64. The number of nitrogens with two attached hydrogens (primary N) is 1. The molecule has 0 aromatic heterocycles. The monoisotopic (exact) mass is 227 g/mol. The van der Waals surface area contributed by atoms with Crippen LogP contribution >= 0.6 is 0 Å². The summed E-state index contributed by atoms with van der Waals surface area (Å²) in [5.41, 5.74) is 5.94. The number of methoxy groups -OCH3 is 1. The number of benzene rings is 1. The highest BCUT2D eigenvalue weighted by atomic mass is 19.1. The Morgan fingerprint density at radius 3 is 2.62 bits per heavy atom. The third kappa shape index (κ3) is 3.29. The second-order valence-electron chi connectivity index (χ2n) is 3.58. The first-order chi connectivity index (χ1) is 7.69. The summed E-state index contributed by atoms with van der Waals surface area (Å²) in [5.74, 6) is 0.162. The Hall–Kier alpha value is -1.45. The highest BCUT2D eigenvalue weighted by Gasteiger charge is 2.08. The van der Waals surface area contributed by atoms with Crippen LogP contribution in [0.2, 0.25) is 0 Å². The smallest absolute Gasteiger partial charge is 0.167 e. The van der Waals surface area contributed by atoms with E-state index in [1.165, 1.54) is 19.2 Å². The van der Waals surface area contributed by atoms with E-state index in [1.807, 2.05) is 0 Å². The summed E-state index contributed by atoms with van der Waals surface area (Å²) >= 11 is 0. The second kappa shape index (κ2) is 6.20. The number of nitrogen functional groups attached to an aromatic ring is 1. The van der Waals surface area contributed by atoms with Crippen molar-refractivity contribution in [2.75, 3.05) is 19.5 Å². The van der Waals surface area contributed by atoms with Gasteiger partial charge in [0.2, 0.25) is 0 Å². The number of hydrogen-bond donors (Lipinski definition) is 1. The zero-order valence-corrected chi connectivity index (χ0v) is 9.75. The fourth-order valence-corrected chi connectivity index (χ4v) is 1.37. The fourth-order valence-electron chi connectivity index (χ4n) is 1.37. The lowest BCUT2D eigenvalue weighted by atomic mass is 10.2. The lowest BCUT2D eigenvalue weighted by molar-refractivity contribution is 0.304. The van der Waals surface area contributed by atoms with Crippen LogP contribution in [0, 0.1) is 5.82 Å². The Morgan fingerprint density at radius 2 is 2.00 bits per heavy atom. The van der Waals surface area contributed by atoms with Crippen LogP contribution in [-0.4, -0.2) is 13.7 Å². The molecule has 0 aliphatic rings. The Labute approximate surface area is 95.4 Å². The number of halogens is 1. The van der Waals surface area contributed by atoms with Gasteiger partial charge in [-0.1, -0.05) is 19.8 Å². The molecule has 1 aromatic carbocycles. The molecule has 1 rings (SSSR count). The zero-order valence-electron chi connectivity index (χ0n) is 9.75. The molecule has 0 fully saturated rings. The van der Waals surface area contributed by atoms with Crippen molar-refractivity contribution in [3.05, 3.63) is 17.9 Å². The van der Waals surface area contributed by atoms with Crippen LogP contribution in [0.25, 0.3) is 0 Å². The van der Waals surface area contributed by atoms with Gasteiger partial charge >= 0.3 is 0 Å². The van der Waals surface area contributed by atoms with E-state index in [2.05, 4.69) is 6.92 Å². The molecule has 0 saturated carbocycles. The van der Waals surface area contributed by atoms with Gasteiger partial charge in [0.05, 0.1) is 19.4 Å². The summed E-state index contributed by atoms with van der Waals surface area (Å²) in [6.07, 6.45) is 3.21. The maximum atomic E-state index is 13.2. The lowest BCUT2D eigenvalue weighted by Crippen LogP contribution is -2.01. The molecule has 3 nitrogen and oxygen atoms in total. The van der Waals surface area contributed by atoms with Gasteiger partial charge in [-0.3, -0.25) is 0 Å². The Bertz CT molecular complexity index is 342. The molecule has 0 unspecified atom stereocenters. The van der Waals surface area contributed by atoms with E-state index >= 15 is 0 Å². The fraction of sp³-hybridized carbons (Fsp3) is 0.500. The van der Waals surface area contributed by atoms with Crippen LogP contribution in [-0.2, 0) is 0 Å². The average Bonchev–Trinajstić information content (AvgIpc) is 2.27. The van der Waals surface area contributed by atoms with Gasteiger partial charge in [0.1, 0.15) is 5.75 Å². The predicted octanol–water partition coefficient (Wildman–Crippen LogP) is 2.99. The van der Waals surface area contributed by atoms with E-state index in [9.17, 15) is 4.39 Å². The minimum atomic E-state index is -0.471. The van der Waals surface area contributed by atoms with Crippen molar-refractivity contribution in [1.82, 2.24) is 0 Å². The predicted molar refractivity (Wildman–Crippen MR) is 62.4 cm³/mol. The van der Waals surface area contributed by atoms with Crippen molar-refractivity contribution in [3.8, 4) is 11.5 Å². The van der Waals surface area contributed by atoms with E-state index in [1.54, 1.807) is 0 Å². The molecule has 0 spiro atoms. The normalized spacial score (nSPS) is 10.2. The summed E-state index contributed by atoms with van der Waals surface area (Å²) in [4.78, 5) is 0. The molecule has 0 radical (unpaired) electrons. The maximum Gasteiger partial charge on any atom is 0.167 e. The summed E-state index contributed by atoms with van der Waals surface area (Å²) in [7, 11) is 1.41. The van der Waals surface area contributed by atoms with E-state index in [0.29, 0.717) is 18.0 Å². The summed E-state index contributed by atoms with van der Waals surface area (Å²) in [5, 5.41) is 0. The third-order valence-corrected chi connectivity index (χ3v) is 2.29. The van der Waals surface area contributed by atoms with Gasteiger partial charge in [0.15, 0.2) is 11.6 Å². The molecule has 16 heavy (non-hydrogen) atoms. The second-order valence-corrected chi connectivity index (χ2v) is 3.58. The van der Waals surface area contributed by atoms with Crippen molar-refractivity contribution >= 4 is 5.69 Å². The minimum Gasteiger partial charge on any atom is -0.494 e. The molecular weight excluding hydrogens is 209 g/mol. The van der Waals surface area contributed by atoms with Crippen molar-refractivity contribution in [2.24, 2.45) is 0 Å². The van der Waals surface area contributed by atoms with Gasteiger partial charge in [-0.15, -0.1) is 0 Å². The molecule has 90 valence electrons. The summed E-state index contributed by atoms with van der Waals surface area (Å²) in [6, 6.07) is 2.70. The van der Waals surface area contributed by atoms with Crippen LogP contribution in [0.1, 0.15) is 26.2 Å². The standard InChI is InChI=1S/C12H18FNO2/c1-3-4-5-6-16-12-8-11(15-2)9(13)7-10(12)14/h7-8H,3-6,14H2,1-2H3. The molecular formula is C12H18FNO2. The van der Waals surface area contributed by atoms with Gasteiger partial charge in [-0.2, -0.15) is 0 Å². The zero-order chi connectivity index (χ0) is 12.0. The molecule has 0 bridgehead atoms. The molecule has 1 aromatic rings. The molecule has 0 heterocycles. The van der Waals surface area contributed by atoms with Crippen LogP contribution in [0.15, 0.2) is 12.1 Å². The largest absolute Gasteiger partial charge is 0.494 e. The molecule has 2 N–H and O–H groups in total. The van der Waals surface area contributed by atoms with Crippen LogP contribution in [0.5, 0.6) is 11.5 Å². The van der Waals surface area contributed by atoms with E-state index in [-0.39, 0.29) is 5.75 Å². The van der Waals surface area contributed by atoms with Gasteiger partial charge in [0, 0.05) is 12.1 Å². The maximum absolute atomic E-state index is 13.2. The van der Waals surface area contributed by atoms with Gasteiger partial charge < -0.3 is 15.2 Å². The first-order valence-electron chi connectivity index (χ1n) is 5.44. The van der Waals surface area contributed by atoms with E-state index in [4.69, 9.17) is 15.2 Å². The minimum absolute atomic E-state index is 0.152. The van der Waals surface area contributed by atoms with Gasteiger partial charge in [-0.25, -0.2) is 4.39 Å². The SMILES string of the molecule is CCCCCOc1cc(OC)c(F)cc1N. The van der Waals surface area contributed by atoms with Crippen LogP contribution in [0.4, 0.5) is 10.1 Å². The molecule has 0 saturated heterocycles. The van der Waals surface area contributed by atoms with Crippen molar-refractivity contribution in [3.63, 3.8) is 0 Å². The molecule has 0 atom stereocenters. The summed E-state index contributed by atoms with van der Waals surface area (Å²) in [6.45, 7) is 2.71. The number of anilines is 1. The number of unbranched alkanes of at least 4 members (excludes halogenated alkanes) is 2. The molecule has 0 amide bonds. The number of hydrogen-bond acceptors (Lipinski definition) is 3. The van der Waals surface area contributed by atoms with Crippen molar-refractivity contribution in [1.29, 1.82) is 0 Å². The first-order valence-corrected chi connectivity index (χ1v) is 5.44. The highest BCUT2D eigenvalue weighted by molar-refractivity contribution is 5.56. The highest BCUT2D eigenvalue weighted by Crippen LogP contribution is 2.29. The average molecular weight is 227 g/mol. The Kier molecular flexibility index (Phi) is 4.89. The van der Waals surface area contributed by atoms with Gasteiger partial charge in [0.25, 0.3) is 0 Å². The van der Waals surface area contributed by atoms with Crippen LogP contribution < -0.4 is 15.2 Å².